The van der Waals surface area contributed by atoms with Crippen LogP contribution in [0, 0.1) is 10.1 Å². The minimum absolute atomic E-state index is 0.0939. The van der Waals surface area contributed by atoms with Gasteiger partial charge < -0.3 is 4.74 Å². The van der Waals surface area contributed by atoms with Crippen molar-refractivity contribution in [3.63, 3.8) is 0 Å². The number of urea groups is 1. The van der Waals surface area contributed by atoms with Gasteiger partial charge in [0.15, 0.2) is 0 Å². The predicted octanol–water partition coefficient (Wildman–Crippen LogP) is 3.42. The molecule has 1 N–H and O–H groups in total. The number of fused-ring (bicyclic) bond motifs is 1. The van der Waals surface area contributed by atoms with Gasteiger partial charge in [0.05, 0.1) is 17.7 Å². The molecule has 1 aliphatic heterocycles. The zero-order chi connectivity index (χ0) is 22.1. The van der Waals surface area contributed by atoms with Gasteiger partial charge in [0.25, 0.3) is 17.5 Å². The van der Waals surface area contributed by atoms with E-state index in [0.29, 0.717) is 11.3 Å². The molecule has 154 valence electrons. The summed E-state index contributed by atoms with van der Waals surface area (Å²) in [5.74, 6) is -1.24. The monoisotopic (exact) mass is 417 g/mol. The molecule has 0 radical (unpaired) electrons. The number of barbiturate groups is 1. The summed E-state index contributed by atoms with van der Waals surface area (Å²) in [7, 11) is 1.47. The summed E-state index contributed by atoms with van der Waals surface area (Å²) >= 11 is 0. The van der Waals surface area contributed by atoms with E-state index in [1.807, 2.05) is 30.3 Å². The Kier molecular flexibility index (Phi) is 4.92. The largest absolute Gasteiger partial charge is 0.496 e. The van der Waals surface area contributed by atoms with Gasteiger partial charge >= 0.3 is 6.03 Å². The van der Waals surface area contributed by atoms with E-state index in [0.717, 1.165) is 15.7 Å². The molecule has 3 aromatic carbocycles. The molecule has 1 aliphatic rings. The first kappa shape index (κ1) is 19.8. The Morgan fingerprint density at radius 2 is 1.71 bits per heavy atom. The number of methoxy groups -OCH3 is 1. The van der Waals surface area contributed by atoms with Crippen LogP contribution in [0.2, 0.25) is 0 Å². The highest BCUT2D eigenvalue weighted by molar-refractivity contribution is 6.39. The third-order valence-electron chi connectivity index (χ3n) is 4.86. The van der Waals surface area contributed by atoms with E-state index in [9.17, 15) is 24.5 Å². The number of anilines is 1. The van der Waals surface area contributed by atoms with Gasteiger partial charge in [-0.25, -0.2) is 9.69 Å². The molecule has 0 aliphatic carbocycles. The number of ether oxygens (including phenoxy) is 1. The fraction of sp³-hybridized carbons (Fsp3) is 0.0455. The Bertz CT molecular complexity index is 1280. The highest BCUT2D eigenvalue weighted by Crippen LogP contribution is 2.31. The molecular weight excluding hydrogens is 402 g/mol. The molecule has 1 fully saturated rings. The topological polar surface area (TPSA) is 119 Å². The Balaban J connectivity index is 1.82. The van der Waals surface area contributed by atoms with Crippen molar-refractivity contribution in [1.29, 1.82) is 0 Å². The second-order valence-electron chi connectivity index (χ2n) is 6.63. The third kappa shape index (κ3) is 3.48. The number of nitrogens with zero attached hydrogens (tertiary/aromatic N) is 2. The minimum Gasteiger partial charge on any atom is -0.496 e. The maximum atomic E-state index is 13.1. The van der Waals surface area contributed by atoms with Crippen molar-refractivity contribution in [2.24, 2.45) is 0 Å². The first-order chi connectivity index (χ1) is 14.9. The Hall–Kier alpha value is -4.53. The molecule has 0 aromatic heterocycles. The van der Waals surface area contributed by atoms with Crippen LogP contribution in [0.3, 0.4) is 0 Å². The number of non-ortho nitro benzene ring substituents is 1. The second kappa shape index (κ2) is 7.71. The fourth-order valence-corrected chi connectivity index (χ4v) is 3.36. The van der Waals surface area contributed by atoms with Crippen LogP contribution in [0.1, 0.15) is 5.56 Å². The van der Waals surface area contributed by atoms with Gasteiger partial charge in [-0.2, -0.15) is 0 Å². The maximum Gasteiger partial charge on any atom is 0.335 e. The summed E-state index contributed by atoms with van der Waals surface area (Å²) in [5.41, 5.74) is 0.141. The lowest BCUT2D eigenvalue weighted by molar-refractivity contribution is -0.384. The smallest absolute Gasteiger partial charge is 0.335 e. The maximum absolute atomic E-state index is 13.1. The number of nitrogens with one attached hydrogen (secondary N) is 1. The van der Waals surface area contributed by atoms with Crippen molar-refractivity contribution in [2.45, 2.75) is 0 Å². The van der Waals surface area contributed by atoms with Crippen molar-refractivity contribution in [2.75, 3.05) is 12.0 Å². The van der Waals surface area contributed by atoms with Crippen LogP contribution in [-0.4, -0.2) is 29.9 Å². The van der Waals surface area contributed by atoms with Crippen LogP contribution in [0.25, 0.3) is 16.8 Å². The number of hydrogen-bond donors (Lipinski definition) is 1. The quantitative estimate of drug-likeness (QED) is 0.301. The molecular formula is C22H15N3O6. The van der Waals surface area contributed by atoms with Crippen LogP contribution < -0.4 is 15.0 Å². The van der Waals surface area contributed by atoms with Crippen molar-refractivity contribution >= 4 is 46.1 Å². The zero-order valence-corrected chi connectivity index (χ0v) is 16.2. The van der Waals surface area contributed by atoms with Gasteiger partial charge in [-0.3, -0.25) is 25.0 Å². The van der Waals surface area contributed by atoms with E-state index >= 15 is 0 Å². The van der Waals surface area contributed by atoms with E-state index in [-0.39, 0.29) is 16.9 Å². The predicted molar refractivity (Wildman–Crippen MR) is 113 cm³/mol. The summed E-state index contributed by atoms with van der Waals surface area (Å²) in [4.78, 5) is 49.0. The Morgan fingerprint density at radius 3 is 2.39 bits per heavy atom. The van der Waals surface area contributed by atoms with E-state index < -0.39 is 22.8 Å². The number of imide groups is 2. The molecule has 3 aromatic rings. The fourth-order valence-electron chi connectivity index (χ4n) is 3.36. The highest BCUT2D eigenvalue weighted by Gasteiger charge is 2.37. The third-order valence-corrected chi connectivity index (χ3v) is 4.86. The van der Waals surface area contributed by atoms with Gasteiger partial charge in [0, 0.05) is 17.7 Å². The number of carbonyl (C=O) groups excluding carboxylic acids is 3. The summed E-state index contributed by atoms with van der Waals surface area (Å²) in [6.07, 6.45) is 1.38. The van der Waals surface area contributed by atoms with Gasteiger partial charge in [-0.05, 0) is 35.0 Å². The van der Waals surface area contributed by atoms with Crippen LogP contribution in [-0.2, 0) is 9.59 Å². The number of rotatable bonds is 4. The van der Waals surface area contributed by atoms with Crippen molar-refractivity contribution in [3.8, 4) is 5.75 Å². The lowest BCUT2D eigenvalue weighted by Gasteiger charge is -2.26. The molecule has 0 atom stereocenters. The van der Waals surface area contributed by atoms with E-state index in [1.165, 1.54) is 37.5 Å². The average molecular weight is 417 g/mol. The van der Waals surface area contributed by atoms with Gasteiger partial charge in [0.2, 0.25) is 0 Å². The van der Waals surface area contributed by atoms with Gasteiger partial charge in [0.1, 0.15) is 11.3 Å². The van der Waals surface area contributed by atoms with Crippen LogP contribution in [0.4, 0.5) is 16.2 Å². The molecule has 0 saturated carbocycles. The van der Waals surface area contributed by atoms with Gasteiger partial charge in [-0.15, -0.1) is 0 Å². The molecule has 0 spiro atoms. The average Bonchev–Trinajstić information content (AvgIpc) is 2.76. The molecule has 31 heavy (non-hydrogen) atoms. The number of benzene rings is 3. The number of carbonyl (C=O) groups is 3. The normalized spacial score (nSPS) is 15.3. The summed E-state index contributed by atoms with van der Waals surface area (Å²) in [6.45, 7) is 0. The lowest BCUT2D eigenvalue weighted by Crippen LogP contribution is -2.54. The van der Waals surface area contributed by atoms with Gasteiger partial charge in [-0.1, -0.05) is 30.3 Å². The standard InChI is InChI=1S/C22H15N3O6/c1-31-19-11-6-13-4-2-3-5-16(13)17(19)12-18-20(26)23-22(28)24(21(18)27)14-7-9-15(10-8-14)25(29)30/h2-12H,1H3,(H,23,26,28)/b18-12+. The van der Waals surface area contributed by atoms with Crippen LogP contribution in [0.15, 0.2) is 66.2 Å². The molecule has 9 heteroatoms. The molecule has 1 heterocycles. The van der Waals surface area contributed by atoms with Crippen LogP contribution >= 0.6 is 0 Å². The van der Waals surface area contributed by atoms with Crippen molar-refractivity contribution in [3.05, 3.63) is 81.9 Å². The molecule has 9 nitrogen and oxygen atoms in total. The molecule has 1 saturated heterocycles. The minimum atomic E-state index is -0.939. The van der Waals surface area contributed by atoms with Crippen molar-refractivity contribution < 1.29 is 24.0 Å². The zero-order valence-electron chi connectivity index (χ0n) is 16.2. The first-order valence-electron chi connectivity index (χ1n) is 9.12. The Labute approximate surface area is 175 Å². The second-order valence-corrected chi connectivity index (χ2v) is 6.63. The summed E-state index contributed by atoms with van der Waals surface area (Å²) in [5, 5.41) is 14.6. The molecule has 0 unspecified atom stereocenters. The van der Waals surface area contributed by atoms with Crippen molar-refractivity contribution in [1.82, 2.24) is 5.32 Å². The number of hydrogen-bond acceptors (Lipinski definition) is 6. The van der Waals surface area contributed by atoms with Crippen LogP contribution in [0.5, 0.6) is 5.75 Å². The van der Waals surface area contributed by atoms with E-state index in [2.05, 4.69) is 5.32 Å². The number of nitro benzene ring substituents is 1. The van der Waals surface area contributed by atoms with E-state index in [1.54, 1.807) is 6.07 Å². The molecule has 4 rings (SSSR count). The summed E-state index contributed by atoms with van der Waals surface area (Å²) < 4.78 is 5.40. The van der Waals surface area contributed by atoms with E-state index in [4.69, 9.17) is 4.74 Å². The molecule has 4 amide bonds. The SMILES string of the molecule is COc1ccc2ccccc2c1/C=C1\C(=O)NC(=O)N(c2ccc([N+](=O)[O-])cc2)C1=O. The summed E-state index contributed by atoms with van der Waals surface area (Å²) in [6, 6.07) is 14.9. The first-order valence-corrected chi connectivity index (χ1v) is 9.12. The number of amides is 4. The Morgan fingerprint density at radius 1 is 1.00 bits per heavy atom. The lowest BCUT2D eigenvalue weighted by atomic mass is 9.99. The number of nitro groups is 1. The molecule has 0 bridgehead atoms. The highest BCUT2D eigenvalue weighted by atomic mass is 16.6.